The zero-order chi connectivity index (χ0) is 18.6. The number of nitrogens with one attached hydrogen (secondary N) is 2. The van der Waals surface area contributed by atoms with Crippen molar-refractivity contribution < 1.29 is 13.9 Å². The minimum Gasteiger partial charge on any atom is -0.495 e. The number of anilines is 1. The van der Waals surface area contributed by atoms with E-state index in [0.717, 1.165) is 5.56 Å². The molecule has 2 aromatic carbocycles. The normalized spacial score (nSPS) is 13.2. The van der Waals surface area contributed by atoms with Crippen LogP contribution in [0.25, 0.3) is 0 Å². The number of hydrogen-bond acceptors (Lipinski definition) is 3. The molecule has 2 N–H and O–H groups in total. The van der Waals surface area contributed by atoms with Crippen LogP contribution in [0.1, 0.15) is 31.0 Å². The molecule has 0 aliphatic rings. The Bertz CT molecular complexity index is 767. The van der Waals surface area contributed by atoms with Gasteiger partial charge in [0.1, 0.15) is 11.6 Å². The van der Waals surface area contributed by atoms with Gasteiger partial charge in [0.25, 0.3) is 0 Å². The van der Waals surface area contributed by atoms with Gasteiger partial charge in [0, 0.05) is 22.7 Å². The van der Waals surface area contributed by atoms with Crippen LogP contribution in [-0.2, 0) is 4.79 Å². The lowest BCUT2D eigenvalue weighted by Crippen LogP contribution is -2.39. The zero-order valence-electron chi connectivity index (χ0n) is 14.7. The molecule has 0 saturated heterocycles. The van der Waals surface area contributed by atoms with E-state index in [0.29, 0.717) is 22.0 Å². The van der Waals surface area contributed by atoms with Gasteiger partial charge < -0.3 is 10.1 Å². The van der Waals surface area contributed by atoms with E-state index in [9.17, 15) is 9.18 Å². The lowest BCUT2D eigenvalue weighted by Gasteiger charge is -2.21. The average Bonchev–Trinajstić information content (AvgIpc) is 2.58. The Kier molecular flexibility index (Phi) is 6.39. The summed E-state index contributed by atoms with van der Waals surface area (Å²) in [6, 6.07) is 9.08. The molecule has 134 valence electrons. The molecule has 6 heteroatoms. The predicted molar refractivity (Wildman–Crippen MR) is 98.8 cm³/mol. The van der Waals surface area contributed by atoms with Crippen molar-refractivity contribution in [3.05, 3.63) is 58.4 Å². The average molecular weight is 365 g/mol. The molecule has 0 radical (unpaired) electrons. The maximum Gasteiger partial charge on any atom is 0.241 e. The predicted octanol–water partition coefficient (Wildman–Crippen LogP) is 4.47. The molecule has 1 amide bonds. The van der Waals surface area contributed by atoms with Crippen LogP contribution in [0, 0.1) is 12.7 Å². The minimum absolute atomic E-state index is 0.247. The van der Waals surface area contributed by atoms with E-state index < -0.39 is 6.04 Å². The third kappa shape index (κ3) is 4.71. The van der Waals surface area contributed by atoms with E-state index in [1.54, 1.807) is 37.3 Å². The van der Waals surface area contributed by atoms with Crippen LogP contribution < -0.4 is 15.4 Å². The highest BCUT2D eigenvalue weighted by Crippen LogP contribution is 2.31. The molecule has 4 nitrogen and oxygen atoms in total. The molecule has 2 rings (SSSR count). The van der Waals surface area contributed by atoms with Crippen LogP contribution in [0.3, 0.4) is 0 Å². The second-order valence-electron chi connectivity index (χ2n) is 5.92. The van der Waals surface area contributed by atoms with Gasteiger partial charge in [0.15, 0.2) is 0 Å². The summed E-state index contributed by atoms with van der Waals surface area (Å²) < 4.78 is 19.1. The van der Waals surface area contributed by atoms with E-state index in [-0.39, 0.29) is 17.8 Å². The van der Waals surface area contributed by atoms with Crippen molar-refractivity contribution in [1.29, 1.82) is 0 Å². The molecule has 0 fully saturated rings. The molecule has 0 bridgehead atoms. The Balaban J connectivity index is 2.08. The van der Waals surface area contributed by atoms with Crippen LogP contribution in [0.2, 0.25) is 5.02 Å². The van der Waals surface area contributed by atoms with Gasteiger partial charge in [-0.1, -0.05) is 29.8 Å². The quantitative estimate of drug-likeness (QED) is 0.794. The number of carbonyl (C=O) groups is 1. The molecule has 0 aliphatic carbocycles. The summed E-state index contributed by atoms with van der Waals surface area (Å²) in [6.07, 6.45) is 0. The Morgan fingerprint density at radius 3 is 2.56 bits per heavy atom. The fourth-order valence-electron chi connectivity index (χ4n) is 2.54. The summed E-state index contributed by atoms with van der Waals surface area (Å²) in [5, 5.41) is 6.49. The summed E-state index contributed by atoms with van der Waals surface area (Å²) in [7, 11) is 1.51. The van der Waals surface area contributed by atoms with E-state index in [1.807, 2.05) is 13.8 Å². The fourth-order valence-corrected chi connectivity index (χ4v) is 2.69. The van der Waals surface area contributed by atoms with Crippen LogP contribution >= 0.6 is 11.6 Å². The number of methoxy groups -OCH3 is 1. The molecule has 2 atom stereocenters. The van der Waals surface area contributed by atoms with Gasteiger partial charge in [0.2, 0.25) is 5.91 Å². The van der Waals surface area contributed by atoms with E-state index in [1.165, 1.54) is 13.2 Å². The monoisotopic (exact) mass is 364 g/mol. The van der Waals surface area contributed by atoms with Crippen LogP contribution in [0.4, 0.5) is 10.1 Å². The number of benzene rings is 2. The molecule has 0 saturated carbocycles. The number of rotatable bonds is 6. The first-order valence-corrected chi connectivity index (χ1v) is 8.36. The number of ether oxygens (including phenoxy) is 1. The van der Waals surface area contributed by atoms with Crippen molar-refractivity contribution in [3.8, 4) is 5.75 Å². The van der Waals surface area contributed by atoms with Gasteiger partial charge in [-0.25, -0.2) is 4.39 Å². The van der Waals surface area contributed by atoms with Crippen molar-refractivity contribution in [2.75, 3.05) is 12.4 Å². The molecule has 0 spiro atoms. The smallest absolute Gasteiger partial charge is 0.241 e. The number of amides is 1. The molecular formula is C19H22ClFN2O2. The Morgan fingerprint density at radius 1 is 1.24 bits per heavy atom. The van der Waals surface area contributed by atoms with Crippen molar-refractivity contribution in [2.24, 2.45) is 0 Å². The molecule has 0 heterocycles. The lowest BCUT2D eigenvalue weighted by molar-refractivity contribution is -0.118. The largest absolute Gasteiger partial charge is 0.495 e. The summed E-state index contributed by atoms with van der Waals surface area (Å²) >= 11 is 6.07. The van der Waals surface area contributed by atoms with E-state index in [4.69, 9.17) is 16.3 Å². The SMILES string of the molecule is COc1cc(Cl)c(C)cc1NC(=O)C(C)NC(C)c1ccccc1F. The molecule has 0 aromatic heterocycles. The zero-order valence-corrected chi connectivity index (χ0v) is 15.4. The van der Waals surface area contributed by atoms with Crippen LogP contribution in [-0.4, -0.2) is 19.1 Å². The second-order valence-corrected chi connectivity index (χ2v) is 6.33. The highest BCUT2D eigenvalue weighted by molar-refractivity contribution is 6.31. The molecule has 2 aromatic rings. The van der Waals surface area contributed by atoms with E-state index >= 15 is 0 Å². The number of hydrogen-bond donors (Lipinski definition) is 2. The van der Waals surface area contributed by atoms with Crippen molar-refractivity contribution in [1.82, 2.24) is 5.32 Å². The first-order valence-electron chi connectivity index (χ1n) is 7.99. The summed E-state index contributed by atoms with van der Waals surface area (Å²) in [5.74, 6) is -0.0633. The topological polar surface area (TPSA) is 50.4 Å². The Morgan fingerprint density at radius 2 is 1.92 bits per heavy atom. The summed E-state index contributed by atoms with van der Waals surface area (Å²) in [4.78, 5) is 12.5. The summed E-state index contributed by atoms with van der Waals surface area (Å²) in [5.41, 5.74) is 1.89. The van der Waals surface area contributed by atoms with Gasteiger partial charge >= 0.3 is 0 Å². The minimum atomic E-state index is -0.532. The maximum absolute atomic E-state index is 13.8. The van der Waals surface area contributed by atoms with Crippen molar-refractivity contribution >= 4 is 23.2 Å². The van der Waals surface area contributed by atoms with Gasteiger partial charge in [-0.2, -0.15) is 0 Å². The highest BCUT2D eigenvalue weighted by atomic mass is 35.5. The van der Waals surface area contributed by atoms with E-state index in [2.05, 4.69) is 10.6 Å². The molecule has 25 heavy (non-hydrogen) atoms. The standard InChI is InChI=1S/C19H22ClFN2O2/c1-11-9-17(18(25-4)10-15(11)20)23-19(24)13(3)22-12(2)14-7-5-6-8-16(14)21/h5-10,12-13,22H,1-4H3,(H,23,24). The van der Waals surface area contributed by atoms with Gasteiger partial charge in [-0.05, 0) is 38.5 Å². The van der Waals surface area contributed by atoms with Crippen molar-refractivity contribution in [3.63, 3.8) is 0 Å². The Hall–Kier alpha value is -2.11. The van der Waals surface area contributed by atoms with Crippen LogP contribution in [0.5, 0.6) is 5.75 Å². The molecule has 2 unspecified atom stereocenters. The first kappa shape index (κ1) is 19.2. The fraction of sp³-hybridized carbons (Fsp3) is 0.316. The highest BCUT2D eigenvalue weighted by Gasteiger charge is 2.19. The summed E-state index contributed by atoms with van der Waals surface area (Å²) in [6.45, 7) is 5.39. The van der Waals surface area contributed by atoms with Gasteiger partial charge in [-0.3, -0.25) is 10.1 Å². The number of carbonyl (C=O) groups excluding carboxylic acids is 1. The molecular weight excluding hydrogens is 343 g/mol. The van der Waals surface area contributed by atoms with Gasteiger partial charge in [0.05, 0.1) is 18.8 Å². The van der Waals surface area contributed by atoms with Crippen molar-refractivity contribution in [2.45, 2.75) is 32.9 Å². The maximum atomic E-state index is 13.8. The number of halogens is 2. The third-order valence-corrected chi connectivity index (χ3v) is 4.41. The second kappa shape index (κ2) is 8.32. The third-order valence-electron chi connectivity index (χ3n) is 4.00. The number of aryl methyl sites for hydroxylation is 1. The Labute approximate surface area is 152 Å². The van der Waals surface area contributed by atoms with Gasteiger partial charge in [-0.15, -0.1) is 0 Å². The first-order chi connectivity index (χ1) is 11.8. The molecule has 0 aliphatic heterocycles. The lowest BCUT2D eigenvalue weighted by atomic mass is 10.1. The van der Waals surface area contributed by atoms with Crippen LogP contribution in [0.15, 0.2) is 36.4 Å².